The van der Waals surface area contributed by atoms with Crippen molar-refractivity contribution in [2.75, 3.05) is 32.7 Å². The van der Waals surface area contributed by atoms with E-state index < -0.39 is 6.03 Å². The third-order valence-corrected chi connectivity index (χ3v) is 4.78. The van der Waals surface area contributed by atoms with Crippen LogP contribution in [0.15, 0.2) is 42.5 Å². The van der Waals surface area contributed by atoms with Crippen molar-refractivity contribution < 1.29 is 9.59 Å². The van der Waals surface area contributed by atoms with Crippen molar-refractivity contribution in [3.8, 4) is 0 Å². The molecule has 3 amide bonds. The molecule has 2 aromatic carbocycles. The van der Waals surface area contributed by atoms with Gasteiger partial charge in [-0.05, 0) is 30.2 Å². The van der Waals surface area contributed by atoms with Gasteiger partial charge in [-0.25, -0.2) is 4.79 Å². The van der Waals surface area contributed by atoms with E-state index in [1.54, 1.807) is 0 Å². The standard InChI is InChI=1S/C21H28N4O2/c1-16(2)22-21(27)23-20(26)15-25-12-10-24(11-13-25)14-18-8-5-7-17-6-3-4-9-19(17)18/h3-9,16H,10-15H2,1-2H3,(H2,22,23,26,27). The van der Waals surface area contributed by atoms with Crippen LogP contribution in [0.5, 0.6) is 0 Å². The van der Waals surface area contributed by atoms with Gasteiger partial charge in [0.25, 0.3) is 0 Å². The summed E-state index contributed by atoms with van der Waals surface area (Å²) in [5, 5.41) is 7.62. The molecule has 144 valence electrons. The van der Waals surface area contributed by atoms with E-state index in [0.29, 0.717) is 0 Å². The number of carbonyl (C=O) groups excluding carboxylic acids is 2. The highest BCUT2D eigenvalue weighted by Crippen LogP contribution is 2.20. The van der Waals surface area contributed by atoms with E-state index in [1.165, 1.54) is 16.3 Å². The molecule has 2 N–H and O–H groups in total. The third-order valence-electron chi connectivity index (χ3n) is 4.78. The molecule has 27 heavy (non-hydrogen) atoms. The van der Waals surface area contributed by atoms with Crippen LogP contribution in [-0.2, 0) is 11.3 Å². The Hall–Kier alpha value is -2.44. The number of fused-ring (bicyclic) bond motifs is 1. The summed E-state index contributed by atoms with van der Waals surface area (Å²) in [7, 11) is 0. The SMILES string of the molecule is CC(C)NC(=O)NC(=O)CN1CCN(Cc2cccc3ccccc23)CC1. The highest BCUT2D eigenvalue weighted by atomic mass is 16.2. The van der Waals surface area contributed by atoms with Gasteiger partial charge in [-0.2, -0.15) is 0 Å². The van der Waals surface area contributed by atoms with Gasteiger partial charge in [-0.3, -0.25) is 19.9 Å². The summed E-state index contributed by atoms with van der Waals surface area (Å²) in [6.07, 6.45) is 0. The second kappa shape index (κ2) is 8.97. The van der Waals surface area contributed by atoms with Crippen LogP contribution in [0.25, 0.3) is 10.8 Å². The number of piperazine rings is 1. The van der Waals surface area contributed by atoms with Gasteiger partial charge in [-0.1, -0.05) is 42.5 Å². The lowest BCUT2D eigenvalue weighted by Crippen LogP contribution is -2.51. The molecule has 1 aliphatic rings. The van der Waals surface area contributed by atoms with Gasteiger partial charge >= 0.3 is 6.03 Å². The number of hydrogen-bond donors (Lipinski definition) is 2. The zero-order valence-electron chi connectivity index (χ0n) is 16.1. The number of benzene rings is 2. The molecule has 0 radical (unpaired) electrons. The van der Waals surface area contributed by atoms with Gasteiger partial charge < -0.3 is 5.32 Å². The predicted molar refractivity (Wildman–Crippen MR) is 107 cm³/mol. The van der Waals surface area contributed by atoms with Gasteiger partial charge in [0.2, 0.25) is 5.91 Å². The first-order valence-corrected chi connectivity index (χ1v) is 9.53. The molecule has 6 nitrogen and oxygen atoms in total. The number of amides is 3. The summed E-state index contributed by atoms with van der Waals surface area (Å²) >= 11 is 0. The molecule has 0 bridgehead atoms. The van der Waals surface area contributed by atoms with E-state index in [-0.39, 0.29) is 18.5 Å². The van der Waals surface area contributed by atoms with Crippen LogP contribution in [0.1, 0.15) is 19.4 Å². The maximum atomic E-state index is 12.0. The Morgan fingerprint density at radius 1 is 0.963 bits per heavy atom. The van der Waals surface area contributed by atoms with E-state index in [4.69, 9.17) is 0 Å². The number of nitrogens with one attached hydrogen (secondary N) is 2. The molecule has 0 saturated carbocycles. The molecule has 6 heteroatoms. The average Bonchev–Trinajstić information content (AvgIpc) is 2.63. The Balaban J connectivity index is 1.47. The minimum atomic E-state index is -0.426. The molecule has 1 saturated heterocycles. The Kier molecular flexibility index (Phi) is 6.42. The fourth-order valence-electron chi connectivity index (χ4n) is 3.44. The minimum absolute atomic E-state index is 0.00964. The maximum Gasteiger partial charge on any atom is 0.321 e. The number of rotatable bonds is 5. The average molecular weight is 368 g/mol. The van der Waals surface area contributed by atoms with Gasteiger partial charge in [0, 0.05) is 38.8 Å². The Morgan fingerprint density at radius 3 is 2.37 bits per heavy atom. The lowest BCUT2D eigenvalue weighted by Gasteiger charge is -2.34. The molecule has 1 fully saturated rings. The minimum Gasteiger partial charge on any atom is -0.336 e. The number of urea groups is 1. The maximum absolute atomic E-state index is 12.0. The Morgan fingerprint density at radius 2 is 1.63 bits per heavy atom. The van der Waals surface area contributed by atoms with Crippen LogP contribution >= 0.6 is 0 Å². The summed E-state index contributed by atoms with van der Waals surface area (Å²) in [5.41, 5.74) is 1.34. The van der Waals surface area contributed by atoms with Crippen LogP contribution in [0.4, 0.5) is 4.79 Å². The molecule has 2 aromatic rings. The summed E-state index contributed by atoms with van der Waals surface area (Å²) in [6.45, 7) is 8.36. The van der Waals surface area contributed by atoms with Crippen LogP contribution in [0.3, 0.4) is 0 Å². The lowest BCUT2D eigenvalue weighted by molar-refractivity contribution is -0.121. The quantitative estimate of drug-likeness (QED) is 0.849. The molecule has 0 unspecified atom stereocenters. The van der Waals surface area contributed by atoms with E-state index in [2.05, 4.69) is 62.9 Å². The topological polar surface area (TPSA) is 64.7 Å². The van der Waals surface area contributed by atoms with Crippen molar-refractivity contribution in [1.82, 2.24) is 20.4 Å². The number of carbonyl (C=O) groups is 2. The van der Waals surface area contributed by atoms with Crippen LogP contribution in [0, 0.1) is 0 Å². The Labute approximate surface area is 160 Å². The zero-order chi connectivity index (χ0) is 19.2. The highest BCUT2D eigenvalue weighted by Gasteiger charge is 2.20. The van der Waals surface area contributed by atoms with Crippen molar-refractivity contribution in [1.29, 1.82) is 0 Å². The second-order valence-corrected chi connectivity index (χ2v) is 7.37. The Bertz CT molecular complexity index is 792. The van der Waals surface area contributed by atoms with Gasteiger partial charge in [0.1, 0.15) is 0 Å². The first-order chi connectivity index (χ1) is 13.0. The van der Waals surface area contributed by atoms with E-state index >= 15 is 0 Å². The lowest BCUT2D eigenvalue weighted by atomic mass is 10.0. The zero-order valence-corrected chi connectivity index (χ0v) is 16.1. The molecular weight excluding hydrogens is 340 g/mol. The molecule has 0 aromatic heterocycles. The van der Waals surface area contributed by atoms with Crippen LogP contribution in [0.2, 0.25) is 0 Å². The molecule has 0 atom stereocenters. The summed E-state index contributed by atoms with van der Waals surface area (Å²) in [6, 6.07) is 14.5. The van der Waals surface area contributed by atoms with E-state index in [0.717, 1.165) is 32.7 Å². The molecule has 1 heterocycles. The van der Waals surface area contributed by atoms with Gasteiger partial charge in [-0.15, -0.1) is 0 Å². The molecule has 3 rings (SSSR count). The van der Waals surface area contributed by atoms with Crippen molar-refractivity contribution >= 4 is 22.7 Å². The van der Waals surface area contributed by atoms with Gasteiger partial charge in [0.15, 0.2) is 0 Å². The normalized spacial score (nSPS) is 15.8. The number of hydrogen-bond acceptors (Lipinski definition) is 4. The number of imide groups is 1. The first-order valence-electron chi connectivity index (χ1n) is 9.53. The molecule has 1 aliphatic heterocycles. The molecule has 0 spiro atoms. The predicted octanol–water partition coefficient (Wildman–Crippen LogP) is 2.19. The van der Waals surface area contributed by atoms with Crippen molar-refractivity contribution in [3.63, 3.8) is 0 Å². The first kappa shape index (κ1) is 19.3. The number of nitrogens with zero attached hydrogens (tertiary/aromatic N) is 2. The van der Waals surface area contributed by atoms with E-state index in [9.17, 15) is 9.59 Å². The van der Waals surface area contributed by atoms with E-state index in [1.807, 2.05) is 13.8 Å². The largest absolute Gasteiger partial charge is 0.336 e. The van der Waals surface area contributed by atoms with Crippen molar-refractivity contribution in [2.45, 2.75) is 26.4 Å². The van der Waals surface area contributed by atoms with Crippen molar-refractivity contribution in [2.24, 2.45) is 0 Å². The fraction of sp³-hybridized carbons (Fsp3) is 0.429. The third kappa shape index (κ3) is 5.52. The molecule has 0 aliphatic carbocycles. The monoisotopic (exact) mass is 368 g/mol. The fourth-order valence-corrected chi connectivity index (χ4v) is 3.44. The summed E-state index contributed by atoms with van der Waals surface area (Å²) in [4.78, 5) is 28.1. The second-order valence-electron chi connectivity index (χ2n) is 7.37. The molecular formula is C21H28N4O2. The van der Waals surface area contributed by atoms with Crippen molar-refractivity contribution in [3.05, 3.63) is 48.0 Å². The van der Waals surface area contributed by atoms with Crippen LogP contribution < -0.4 is 10.6 Å². The van der Waals surface area contributed by atoms with Gasteiger partial charge in [0.05, 0.1) is 6.54 Å². The summed E-state index contributed by atoms with van der Waals surface area (Å²) in [5.74, 6) is -0.254. The highest BCUT2D eigenvalue weighted by molar-refractivity contribution is 5.95. The smallest absolute Gasteiger partial charge is 0.321 e. The van der Waals surface area contributed by atoms with Crippen LogP contribution in [-0.4, -0.2) is 60.5 Å². The summed E-state index contributed by atoms with van der Waals surface area (Å²) < 4.78 is 0.